The SMILES string of the molecule is Clc1ccc2c(c1)C1(c3ccccc3-c3ccccc31)c1cccc3c1N2c1ccccc1O3. The van der Waals surface area contributed by atoms with E-state index in [1.807, 2.05) is 18.2 Å². The second-order valence-electron chi connectivity index (χ2n) is 9.06. The van der Waals surface area contributed by atoms with Crippen molar-refractivity contribution in [3.05, 3.63) is 136 Å². The maximum absolute atomic E-state index is 6.71. The molecule has 0 unspecified atom stereocenters. The van der Waals surface area contributed by atoms with Crippen LogP contribution in [0.15, 0.2) is 109 Å². The van der Waals surface area contributed by atoms with Gasteiger partial charge in [0.15, 0.2) is 11.5 Å². The Bertz CT molecular complexity index is 1620. The normalized spacial score (nSPS) is 15.0. The van der Waals surface area contributed by atoms with Crippen LogP contribution >= 0.6 is 11.6 Å². The Morgan fingerprint density at radius 2 is 1.21 bits per heavy atom. The van der Waals surface area contributed by atoms with E-state index in [0.29, 0.717) is 0 Å². The van der Waals surface area contributed by atoms with Crippen molar-refractivity contribution in [3.63, 3.8) is 0 Å². The predicted octanol–water partition coefficient (Wildman–Crippen LogP) is 8.59. The van der Waals surface area contributed by atoms with Gasteiger partial charge in [0.05, 0.1) is 22.5 Å². The Morgan fingerprint density at radius 3 is 2.00 bits per heavy atom. The van der Waals surface area contributed by atoms with E-state index in [1.54, 1.807) is 0 Å². The van der Waals surface area contributed by atoms with Gasteiger partial charge in [-0.1, -0.05) is 84.4 Å². The fraction of sp³-hybridized carbons (Fsp3) is 0.0323. The zero-order chi connectivity index (χ0) is 22.4. The van der Waals surface area contributed by atoms with Crippen LogP contribution in [0.3, 0.4) is 0 Å². The first-order chi connectivity index (χ1) is 16.8. The lowest BCUT2D eigenvalue weighted by Gasteiger charge is -2.47. The number of hydrogen-bond donors (Lipinski definition) is 0. The van der Waals surface area contributed by atoms with Gasteiger partial charge in [0.25, 0.3) is 0 Å². The van der Waals surface area contributed by atoms with Gasteiger partial charge in [-0.15, -0.1) is 0 Å². The summed E-state index contributed by atoms with van der Waals surface area (Å²) in [4.78, 5) is 2.35. The number of para-hydroxylation sites is 3. The van der Waals surface area contributed by atoms with Gasteiger partial charge in [-0.05, 0) is 69.8 Å². The quantitative estimate of drug-likeness (QED) is 0.227. The second kappa shape index (κ2) is 6.31. The molecule has 2 aliphatic heterocycles. The smallest absolute Gasteiger partial charge is 0.151 e. The van der Waals surface area contributed by atoms with Crippen LogP contribution in [-0.2, 0) is 5.41 Å². The van der Waals surface area contributed by atoms with E-state index in [0.717, 1.165) is 33.6 Å². The summed E-state index contributed by atoms with van der Waals surface area (Å²) >= 11 is 6.71. The molecule has 1 spiro atoms. The van der Waals surface area contributed by atoms with E-state index >= 15 is 0 Å². The average Bonchev–Trinajstić information content (AvgIpc) is 3.18. The minimum Gasteiger partial charge on any atom is -0.453 e. The monoisotopic (exact) mass is 455 g/mol. The van der Waals surface area contributed by atoms with Crippen molar-refractivity contribution in [3.8, 4) is 22.6 Å². The summed E-state index contributed by atoms with van der Waals surface area (Å²) in [5.74, 6) is 1.73. The molecule has 0 saturated carbocycles. The van der Waals surface area contributed by atoms with Crippen LogP contribution in [0, 0.1) is 0 Å². The fourth-order valence-corrected chi connectivity index (χ4v) is 6.49. The van der Waals surface area contributed by atoms with E-state index in [9.17, 15) is 0 Å². The third-order valence-electron chi connectivity index (χ3n) is 7.51. The molecule has 3 aliphatic rings. The Labute approximate surface area is 202 Å². The fourth-order valence-electron chi connectivity index (χ4n) is 6.32. The van der Waals surface area contributed by atoms with Crippen molar-refractivity contribution in [1.82, 2.24) is 0 Å². The molecule has 0 aromatic heterocycles. The highest BCUT2D eigenvalue weighted by atomic mass is 35.5. The lowest BCUT2D eigenvalue weighted by Crippen LogP contribution is -2.37. The van der Waals surface area contributed by atoms with E-state index in [-0.39, 0.29) is 0 Å². The molecule has 0 atom stereocenters. The van der Waals surface area contributed by atoms with Gasteiger partial charge >= 0.3 is 0 Å². The number of rotatable bonds is 0. The number of hydrogen-bond acceptors (Lipinski definition) is 2. The highest BCUT2D eigenvalue weighted by Crippen LogP contribution is 2.66. The molecule has 34 heavy (non-hydrogen) atoms. The number of fused-ring (bicyclic) bond motifs is 11. The highest BCUT2D eigenvalue weighted by Gasteiger charge is 2.53. The first kappa shape index (κ1) is 18.4. The lowest BCUT2D eigenvalue weighted by atomic mass is 9.64. The zero-order valence-electron chi connectivity index (χ0n) is 18.1. The van der Waals surface area contributed by atoms with Crippen molar-refractivity contribution in [2.75, 3.05) is 4.90 Å². The van der Waals surface area contributed by atoms with Crippen molar-refractivity contribution in [2.24, 2.45) is 0 Å². The van der Waals surface area contributed by atoms with Crippen molar-refractivity contribution >= 4 is 28.7 Å². The first-order valence-corrected chi connectivity index (χ1v) is 11.9. The van der Waals surface area contributed by atoms with Gasteiger partial charge < -0.3 is 9.64 Å². The highest BCUT2D eigenvalue weighted by molar-refractivity contribution is 6.30. The average molecular weight is 456 g/mol. The summed E-state index contributed by atoms with van der Waals surface area (Å²) < 4.78 is 6.47. The molecule has 3 heteroatoms. The topological polar surface area (TPSA) is 12.5 Å². The van der Waals surface area contributed by atoms with Gasteiger partial charge in [-0.2, -0.15) is 0 Å². The summed E-state index contributed by atoms with van der Waals surface area (Å²) in [5, 5.41) is 0.737. The van der Waals surface area contributed by atoms with Crippen LogP contribution in [0.2, 0.25) is 5.02 Å². The van der Waals surface area contributed by atoms with E-state index < -0.39 is 5.41 Å². The van der Waals surface area contributed by atoms with Crippen LogP contribution in [0.25, 0.3) is 11.1 Å². The molecule has 2 nitrogen and oxygen atoms in total. The molecular formula is C31H18ClNO. The van der Waals surface area contributed by atoms with Gasteiger partial charge in [0.2, 0.25) is 0 Å². The second-order valence-corrected chi connectivity index (χ2v) is 9.50. The molecule has 0 amide bonds. The number of ether oxygens (including phenoxy) is 1. The molecule has 0 bridgehead atoms. The summed E-state index contributed by atoms with van der Waals surface area (Å²) in [7, 11) is 0. The maximum atomic E-state index is 6.71. The third-order valence-corrected chi connectivity index (χ3v) is 7.74. The van der Waals surface area contributed by atoms with E-state index in [4.69, 9.17) is 16.3 Å². The summed E-state index contributed by atoms with van der Waals surface area (Å²) in [6.07, 6.45) is 0. The van der Waals surface area contributed by atoms with E-state index in [2.05, 4.69) is 95.9 Å². The Balaban J connectivity index is 1.60. The largest absolute Gasteiger partial charge is 0.453 e. The Morgan fingerprint density at radius 1 is 0.559 bits per heavy atom. The number of nitrogens with zero attached hydrogens (tertiary/aromatic N) is 1. The van der Waals surface area contributed by atoms with Gasteiger partial charge in [0.1, 0.15) is 0 Å². The maximum Gasteiger partial charge on any atom is 0.151 e. The van der Waals surface area contributed by atoms with Gasteiger partial charge in [-0.3, -0.25) is 0 Å². The van der Waals surface area contributed by atoms with Crippen molar-refractivity contribution in [2.45, 2.75) is 5.41 Å². The lowest BCUT2D eigenvalue weighted by molar-refractivity contribution is 0.473. The van der Waals surface area contributed by atoms with Crippen LogP contribution in [0.5, 0.6) is 11.5 Å². The van der Waals surface area contributed by atoms with Crippen LogP contribution < -0.4 is 9.64 Å². The zero-order valence-corrected chi connectivity index (χ0v) is 18.9. The molecule has 8 rings (SSSR count). The van der Waals surface area contributed by atoms with E-state index in [1.165, 1.54) is 33.4 Å². The number of halogens is 1. The minimum absolute atomic E-state index is 0.481. The number of benzene rings is 5. The molecular weight excluding hydrogens is 438 g/mol. The molecule has 0 radical (unpaired) electrons. The van der Waals surface area contributed by atoms with Gasteiger partial charge in [0, 0.05) is 5.02 Å². The Hall–Kier alpha value is -4.01. The summed E-state index contributed by atoms with van der Waals surface area (Å²) in [5.41, 5.74) is 10.3. The van der Waals surface area contributed by atoms with Crippen LogP contribution in [-0.4, -0.2) is 0 Å². The molecule has 0 fully saturated rings. The van der Waals surface area contributed by atoms with Crippen molar-refractivity contribution in [1.29, 1.82) is 0 Å². The Kier molecular flexibility index (Phi) is 3.42. The molecule has 5 aromatic carbocycles. The van der Waals surface area contributed by atoms with Crippen molar-refractivity contribution < 1.29 is 4.74 Å². The first-order valence-electron chi connectivity index (χ1n) is 11.5. The summed E-state index contributed by atoms with van der Waals surface area (Å²) in [6.45, 7) is 0. The number of anilines is 3. The standard InChI is InChI=1S/C31H18ClNO/c32-19-16-17-26-25(18-19)31(22-10-3-1-8-20(22)21-9-2-4-11-23(21)31)24-12-7-15-29-30(24)33(26)27-13-5-6-14-28(27)34-29/h1-18H. The molecule has 0 N–H and O–H groups in total. The predicted molar refractivity (Wildman–Crippen MR) is 137 cm³/mol. The molecule has 160 valence electrons. The van der Waals surface area contributed by atoms with Crippen LogP contribution in [0.1, 0.15) is 22.3 Å². The van der Waals surface area contributed by atoms with Gasteiger partial charge in [-0.25, -0.2) is 0 Å². The third kappa shape index (κ3) is 2.04. The molecule has 1 aliphatic carbocycles. The molecule has 5 aromatic rings. The summed E-state index contributed by atoms with van der Waals surface area (Å²) in [6, 6.07) is 38.5. The van der Waals surface area contributed by atoms with Crippen LogP contribution in [0.4, 0.5) is 17.1 Å². The minimum atomic E-state index is -0.481. The molecule has 2 heterocycles. The molecule has 0 saturated heterocycles.